The van der Waals surface area contributed by atoms with Crippen LogP contribution in [0.4, 0.5) is 4.79 Å². The molecule has 0 spiro atoms. The van der Waals surface area contributed by atoms with E-state index in [0.717, 1.165) is 12.0 Å². The van der Waals surface area contributed by atoms with Gasteiger partial charge in [0.1, 0.15) is 24.2 Å². The lowest BCUT2D eigenvalue weighted by Gasteiger charge is -2.33. The molecule has 0 heterocycles. The van der Waals surface area contributed by atoms with Crippen molar-refractivity contribution < 1.29 is 28.7 Å². The Morgan fingerprint density at radius 2 is 1.76 bits per heavy atom. The quantitative estimate of drug-likeness (QED) is 0.409. The molecule has 1 aromatic carbocycles. The number of carbonyl (C=O) groups excluding carboxylic acids is 4. The predicted molar refractivity (Wildman–Crippen MR) is 124 cm³/mol. The molecule has 3 amide bonds. The largest absolute Gasteiger partial charge is 0.468 e. The lowest BCUT2D eigenvalue weighted by Crippen LogP contribution is -2.52. The van der Waals surface area contributed by atoms with Gasteiger partial charge in [0, 0.05) is 6.54 Å². The lowest BCUT2D eigenvalue weighted by molar-refractivity contribution is -0.144. The fraction of sp³-hybridized carbons (Fsp3) is 0.500. The maximum Gasteiger partial charge on any atom is 0.408 e. The van der Waals surface area contributed by atoms with E-state index in [1.807, 2.05) is 19.1 Å². The Labute approximate surface area is 195 Å². The summed E-state index contributed by atoms with van der Waals surface area (Å²) in [6, 6.07) is 5.22. The molecule has 0 bridgehead atoms. The number of amides is 3. The number of hydrogen-bond acceptors (Lipinski definition) is 6. The van der Waals surface area contributed by atoms with Crippen LogP contribution >= 0.6 is 0 Å². The van der Waals surface area contributed by atoms with E-state index in [-0.39, 0.29) is 13.1 Å². The van der Waals surface area contributed by atoms with E-state index in [1.165, 1.54) is 25.0 Å². The predicted octanol–water partition coefficient (Wildman–Crippen LogP) is 2.51. The maximum absolute atomic E-state index is 13.3. The molecule has 182 valence electrons. The van der Waals surface area contributed by atoms with Gasteiger partial charge in [0.25, 0.3) is 0 Å². The molecule has 9 heteroatoms. The minimum atomic E-state index is -1.06. The topological polar surface area (TPSA) is 114 Å². The monoisotopic (exact) mass is 461 g/mol. The van der Waals surface area contributed by atoms with Crippen LogP contribution in [0.2, 0.25) is 0 Å². The fourth-order valence-corrected chi connectivity index (χ4v) is 2.99. The molecule has 2 N–H and O–H groups in total. The highest BCUT2D eigenvalue weighted by molar-refractivity contribution is 5.93. The number of nitrogens with one attached hydrogen (secondary N) is 2. The minimum absolute atomic E-state index is 0.0327. The summed E-state index contributed by atoms with van der Waals surface area (Å²) in [5.74, 6) is -1.70. The minimum Gasteiger partial charge on any atom is -0.468 e. The number of rotatable bonds is 10. The average molecular weight is 462 g/mol. The van der Waals surface area contributed by atoms with Gasteiger partial charge >= 0.3 is 12.1 Å². The zero-order valence-corrected chi connectivity index (χ0v) is 20.3. The third kappa shape index (κ3) is 8.96. The van der Waals surface area contributed by atoms with E-state index in [2.05, 4.69) is 21.9 Å². The number of methoxy groups -OCH3 is 1. The van der Waals surface area contributed by atoms with Gasteiger partial charge in [-0.25, -0.2) is 4.79 Å². The fourth-order valence-electron chi connectivity index (χ4n) is 2.99. The molecule has 9 nitrogen and oxygen atoms in total. The van der Waals surface area contributed by atoms with Crippen LogP contribution in [-0.4, -0.2) is 60.6 Å². The van der Waals surface area contributed by atoms with Crippen LogP contribution in [0.3, 0.4) is 0 Å². The van der Waals surface area contributed by atoms with Crippen molar-refractivity contribution in [3.8, 4) is 0 Å². The molecule has 33 heavy (non-hydrogen) atoms. The number of ether oxygens (including phenoxy) is 2. The summed E-state index contributed by atoms with van der Waals surface area (Å²) in [7, 11) is 1.22. The van der Waals surface area contributed by atoms with Gasteiger partial charge in [0.2, 0.25) is 11.8 Å². The highest BCUT2D eigenvalue weighted by Gasteiger charge is 2.34. The van der Waals surface area contributed by atoms with Crippen LogP contribution in [-0.2, 0) is 30.3 Å². The highest BCUT2D eigenvalue weighted by Crippen LogP contribution is 2.23. The molecule has 0 aromatic heterocycles. The standard InChI is InChI=1S/C24H35N3O6/c1-8-14-27(22(30)16(3)26-23(31)33-24(4,5)6)20(21(29)25-15-19(28)32-7)18-12-10-17(9-2)11-13-18/h8,10-13,16,20H,1,9,14-15H2,2-7H3,(H,25,29)(H,26,31). The number of alkyl carbamates (subject to hydrolysis) is 1. The first-order chi connectivity index (χ1) is 15.4. The van der Waals surface area contributed by atoms with Crippen molar-refractivity contribution in [2.75, 3.05) is 20.2 Å². The molecular weight excluding hydrogens is 426 g/mol. The van der Waals surface area contributed by atoms with Crippen molar-refractivity contribution in [3.63, 3.8) is 0 Å². The second-order valence-electron chi connectivity index (χ2n) is 8.44. The molecule has 0 aliphatic rings. The summed E-state index contributed by atoms with van der Waals surface area (Å²) < 4.78 is 9.80. The van der Waals surface area contributed by atoms with E-state index in [0.29, 0.717) is 5.56 Å². The third-order valence-electron chi connectivity index (χ3n) is 4.61. The summed E-state index contributed by atoms with van der Waals surface area (Å²) in [5, 5.41) is 5.02. The second-order valence-corrected chi connectivity index (χ2v) is 8.44. The zero-order valence-electron chi connectivity index (χ0n) is 20.3. The smallest absolute Gasteiger partial charge is 0.408 e. The van der Waals surface area contributed by atoms with Gasteiger partial charge in [0.15, 0.2) is 0 Å². The average Bonchev–Trinajstić information content (AvgIpc) is 2.75. The van der Waals surface area contributed by atoms with Gasteiger partial charge in [-0.1, -0.05) is 37.3 Å². The lowest BCUT2D eigenvalue weighted by atomic mass is 10.0. The van der Waals surface area contributed by atoms with Crippen LogP contribution in [0.25, 0.3) is 0 Å². The van der Waals surface area contributed by atoms with Crippen molar-refractivity contribution in [1.29, 1.82) is 0 Å². The van der Waals surface area contributed by atoms with Crippen LogP contribution in [0.5, 0.6) is 0 Å². The molecule has 0 radical (unpaired) electrons. The van der Waals surface area contributed by atoms with Crippen molar-refractivity contribution in [2.45, 2.75) is 58.7 Å². The molecule has 0 fully saturated rings. The Kier molecular flexibility index (Phi) is 10.6. The van der Waals surface area contributed by atoms with Gasteiger partial charge in [-0.3, -0.25) is 14.4 Å². The van der Waals surface area contributed by atoms with Gasteiger partial charge in [-0.05, 0) is 45.2 Å². The van der Waals surface area contributed by atoms with E-state index in [1.54, 1.807) is 32.9 Å². The number of carbonyl (C=O) groups is 4. The van der Waals surface area contributed by atoms with Crippen molar-refractivity contribution in [1.82, 2.24) is 15.5 Å². The van der Waals surface area contributed by atoms with Gasteiger partial charge < -0.3 is 25.0 Å². The van der Waals surface area contributed by atoms with Crippen molar-refractivity contribution in [2.24, 2.45) is 0 Å². The van der Waals surface area contributed by atoms with Gasteiger partial charge in [-0.2, -0.15) is 0 Å². The summed E-state index contributed by atoms with van der Waals surface area (Å²) in [6.45, 7) is 12.0. The Bertz CT molecular complexity index is 845. The summed E-state index contributed by atoms with van der Waals surface area (Å²) in [5.41, 5.74) is 0.883. The molecule has 2 unspecified atom stereocenters. The van der Waals surface area contributed by atoms with Crippen LogP contribution < -0.4 is 10.6 Å². The summed E-state index contributed by atoms with van der Waals surface area (Å²) in [4.78, 5) is 51.4. The maximum atomic E-state index is 13.3. The Hall–Kier alpha value is -3.36. The zero-order chi connectivity index (χ0) is 25.2. The Morgan fingerprint density at radius 1 is 1.15 bits per heavy atom. The molecule has 2 atom stereocenters. The van der Waals surface area contributed by atoms with E-state index in [4.69, 9.17) is 4.74 Å². The molecule has 1 rings (SSSR count). The van der Waals surface area contributed by atoms with E-state index >= 15 is 0 Å². The number of aryl methyl sites for hydroxylation is 1. The molecule has 0 saturated carbocycles. The van der Waals surface area contributed by atoms with Crippen molar-refractivity contribution >= 4 is 23.9 Å². The second kappa shape index (κ2) is 12.6. The van der Waals surface area contributed by atoms with E-state index < -0.39 is 41.6 Å². The third-order valence-corrected chi connectivity index (χ3v) is 4.61. The van der Waals surface area contributed by atoms with Crippen LogP contribution in [0, 0.1) is 0 Å². The molecule has 0 saturated heterocycles. The molecular formula is C24H35N3O6. The number of esters is 1. The van der Waals surface area contributed by atoms with Gasteiger partial charge in [-0.15, -0.1) is 6.58 Å². The Morgan fingerprint density at radius 3 is 2.24 bits per heavy atom. The normalized spacial score (nSPS) is 12.7. The Balaban J connectivity index is 3.25. The van der Waals surface area contributed by atoms with Gasteiger partial charge in [0.05, 0.1) is 7.11 Å². The van der Waals surface area contributed by atoms with Crippen LogP contribution in [0.15, 0.2) is 36.9 Å². The summed E-state index contributed by atoms with van der Waals surface area (Å²) in [6.07, 6.45) is 1.55. The molecule has 0 aliphatic heterocycles. The van der Waals surface area contributed by atoms with E-state index in [9.17, 15) is 19.2 Å². The number of benzene rings is 1. The first-order valence-electron chi connectivity index (χ1n) is 10.8. The highest BCUT2D eigenvalue weighted by atomic mass is 16.6. The SMILES string of the molecule is C=CCN(C(=O)C(C)NC(=O)OC(C)(C)C)C(C(=O)NCC(=O)OC)c1ccc(CC)cc1. The molecule has 1 aromatic rings. The van der Waals surface area contributed by atoms with Crippen molar-refractivity contribution in [3.05, 3.63) is 48.0 Å². The first kappa shape index (κ1) is 27.7. The number of nitrogens with zero attached hydrogens (tertiary/aromatic N) is 1. The first-order valence-corrected chi connectivity index (χ1v) is 10.8. The van der Waals surface area contributed by atoms with Crippen LogP contribution in [0.1, 0.15) is 51.8 Å². The molecule has 0 aliphatic carbocycles. The number of hydrogen-bond donors (Lipinski definition) is 2. The summed E-state index contributed by atoms with van der Waals surface area (Å²) >= 11 is 0.